The first-order valence-corrected chi connectivity index (χ1v) is 13.5. The highest BCUT2D eigenvalue weighted by Crippen LogP contribution is 2.18. The van der Waals surface area contributed by atoms with Crippen molar-refractivity contribution in [1.29, 1.82) is 0 Å². The smallest absolute Gasteiger partial charge is 0.331 e. The molecule has 4 aromatic rings. The van der Waals surface area contributed by atoms with Crippen molar-refractivity contribution in [2.45, 2.75) is 51.9 Å². The minimum Gasteiger partial charge on any atom is -0.460 e. The Morgan fingerprint density at radius 3 is 1.70 bits per heavy atom. The van der Waals surface area contributed by atoms with E-state index in [1.807, 2.05) is 136 Å². The summed E-state index contributed by atoms with van der Waals surface area (Å²) in [4.78, 5) is 30.7. The van der Waals surface area contributed by atoms with Crippen LogP contribution in [-0.4, -0.2) is 29.3 Å². The Hall–Kier alpha value is -4.51. The zero-order chi connectivity index (χ0) is 28.4. The monoisotopic (exact) mass is 533 g/mol. The molecule has 0 saturated carbocycles. The molecular formula is C35H35NO4. The standard InChI is InChI=1S/C35H35NO4/c1-35(2,3)40-32(37)24-27-21-19-26(20-22-27)23-31(34(38)39-25-28-13-7-4-8-14-28)36-33(29-15-9-5-10-16-29)30-17-11-6-12-18-30/h4-22,31H,23-25H2,1-3H3. The van der Waals surface area contributed by atoms with Crippen LogP contribution in [0.4, 0.5) is 0 Å². The summed E-state index contributed by atoms with van der Waals surface area (Å²) in [6.07, 6.45) is 0.536. The number of rotatable bonds is 10. The van der Waals surface area contributed by atoms with E-state index in [1.54, 1.807) is 0 Å². The van der Waals surface area contributed by atoms with Gasteiger partial charge in [-0.3, -0.25) is 9.79 Å². The third kappa shape index (κ3) is 8.77. The van der Waals surface area contributed by atoms with Gasteiger partial charge in [0, 0.05) is 17.5 Å². The summed E-state index contributed by atoms with van der Waals surface area (Å²) in [7, 11) is 0. The van der Waals surface area contributed by atoms with Gasteiger partial charge in [0.2, 0.25) is 0 Å². The Bertz CT molecular complexity index is 1370. The predicted octanol–water partition coefficient (Wildman–Crippen LogP) is 6.76. The molecule has 1 atom stereocenters. The van der Waals surface area contributed by atoms with Crippen LogP contribution >= 0.6 is 0 Å². The summed E-state index contributed by atoms with van der Waals surface area (Å²) in [6, 6.07) is 36.2. The van der Waals surface area contributed by atoms with Gasteiger partial charge in [-0.05, 0) is 37.5 Å². The van der Waals surface area contributed by atoms with Crippen LogP contribution in [0.2, 0.25) is 0 Å². The Kier molecular flexibility index (Phi) is 9.63. The lowest BCUT2D eigenvalue weighted by Crippen LogP contribution is -2.26. The zero-order valence-corrected chi connectivity index (χ0v) is 23.2. The largest absolute Gasteiger partial charge is 0.460 e. The van der Waals surface area contributed by atoms with Crippen LogP contribution in [-0.2, 0) is 38.5 Å². The first-order chi connectivity index (χ1) is 19.3. The van der Waals surface area contributed by atoms with Gasteiger partial charge in [0.25, 0.3) is 0 Å². The molecule has 5 heteroatoms. The normalized spacial score (nSPS) is 11.8. The zero-order valence-electron chi connectivity index (χ0n) is 23.2. The molecule has 0 aliphatic rings. The summed E-state index contributed by atoms with van der Waals surface area (Å²) in [5.41, 5.74) is 4.71. The maximum absolute atomic E-state index is 13.5. The lowest BCUT2D eigenvalue weighted by molar-refractivity contribution is -0.154. The fraction of sp³-hybridized carbons (Fsp3) is 0.229. The van der Waals surface area contributed by atoms with Crippen LogP contribution in [0.5, 0.6) is 0 Å². The number of carbonyl (C=O) groups excluding carboxylic acids is 2. The average molecular weight is 534 g/mol. The average Bonchev–Trinajstić information content (AvgIpc) is 2.95. The number of benzene rings is 4. The molecule has 1 unspecified atom stereocenters. The quantitative estimate of drug-likeness (QED) is 0.167. The van der Waals surface area contributed by atoms with Crippen LogP contribution in [0.3, 0.4) is 0 Å². The van der Waals surface area contributed by atoms with Gasteiger partial charge >= 0.3 is 11.9 Å². The van der Waals surface area contributed by atoms with Crippen LogP contribution in [0.15, 0.2) is 120 Å². The molecule has 0 saturated heterocycles. The van der Waals surface area contributed by atoms with E-state index in [4.69, 9.17) is 14.5 Å². The Balaban J connectivity index is 1.61. The van der Waals surface area contributed by atoms with Gasteiger partial charge in [-0.1, -0.05) is 115 Å². The van der Waals surface area contributed by atoms with Crippen LogP contribution in [0.25, 0.3) is 0 Å². The highest BCUT2D eigenvalue weighted by atomic mass is 16.6. The maximum atomic E-state index is 13.5. The first kappa shape index (κ1) is 28.5. The van der Waals surface area contributed by atoms with Crippen molar-refractivity contribution >= 4 is 17.7 Å². The van der Waals surface area contributed by atoms with Crippen molar-refractivity contribution < 1.29 is 19.1 Å². The van der Waals surface area contributed by atoms with Gasteiger partial charge in [-0.15, -0.1) is 0 Å². The number of hydrogen-bond donors (Lipinski definition) is 0. The molecule has 4 rings (SSSR count). The Morgan fingerprint density at radius 1 is 0.675 bits per heavy atom. The highest BCUT2D eigenvalue weighted by Gasteiger charge is 2.23. The molecule has 0 spiro atoms. The summed E-state index contributed by atoms with van der Waals surface area (Å²) in [6.45, 7) is 5.73. The lowest BCUT2D eigenvalue weighted by atomic mass is 10.00. The third-order valence-electron chi connectivity index (χ3n) is 6.10. The highest BCUT2D eigenvalue weighted by molar-refractivity contribution is 6.13. The predicted molar refractivity (Wildman–Crippen MR) is 158 cm³/mol. The van der Waals surface area contributed by atoms with Crippen molar-refractivity contribution in [1.82, 2.24) is 0 Å². The van der Waals surface area contributed by atoms with Crippen molar-refractivity contribution in [3.63, 3.8) is 0 Å². The summed E-state index contributed by atoms with van der Waals surface area (Å²) >= 11 is 0. The molecule has 0 aliphatic carbocycles. The number of carbonyl (C=O) groups is 2. The summed E-state index contributed by atoms with van der Waals surface area (Å²) < 4.78 is 11.2. The van der Waals surface area contributed by atoms with Crippen LogP contribution in [0.1, 0.15) is 48.6 Å². The molecule has 0 bridgehead atoms. The lowest BCUT2D eigenvalue weighted by Gasteiger charge is -2.19. The minimum atomic E-state index is -0.768. The van der Waals surface area contributed by atoms with E-state index >= 15 is 0 Å². The Labute approximate surface area is 236 Å². The van der Waals surface area contributed by atoms with Crippen molar-refractivity contribution in [2.75, 3.05) is 0 Å². The summed E-state index contributed by atoms with van der Waals surface area (Å²) in [5, 5.41) is 0. The third-order valence-corrected chi connectivity index (χ3v) is 6.10. The van der Waals surface area contributed by atoms with Crippen LogP contribution in [0, 0.1) is 0 Å². The van der Waals surface area contributed by atoms with Gasteiger partial charge < -0.3 is 9.47 Å². The Morgan fingerprint density at radius 2 is 1.18 bits per heavy atom. The second-order valence-corrected chi connectivity index (χ2v) is 10.6. The SMILES string of the molecule is CC(C)(C)OC(=O)Cc1ccc(CC(N=C(c2ccccc2)c2ccccc2)C(=O)OCc2ccccc2)cc1. The van der Waals surface area contributed by atoms with E-state index in [2.05, 4.69) is 0 Å². The number of nitrogens with zero attached hydrogens (tertiary/aromatic N) is 1. The summed E-state index contributed by atoms with van der Waals surface area (Å²) in [5.74, 6) is -0.673. The molecule has 0 heterocycles. The molecule has 0 fully saturated rings. The molecule has 0 aromatic heterocycles. The van der Waals surface area contributed by atoms with E-state index in [-0.39, 0.29) is 19.0 Å². The van der Waals surface area contributed by atoms with Gasteiger partial charge in [-0.2, -0.15) is 0 Å². The minimum absolute atomic E-state index is 0.173. The maximum Gasteiger partial charge on any atom is 0.331 e. The molecule has 0 N–H and O–H groups in total. The fourth-order valence-corrected chi connectivity index (χ4v) is 4.23. The van der Waals surface area contributed by atoms with E-state index in [9.17, 15) is 9.59 Å². The van der Waals surface area contributed by atoms with Crippen LogP contribution < -0.4 is 0 Å². The molecule has 5 nitrogen and oxygen atoms in total. The van der Waals surface area contributed by atoms with Gasteiger partial charge in [0.1, 0.15) is 12.2 Å². The fourth-order valence-electron chi connectivity index (χ4n) is 4.23. The van der Waals surface area contributed by atoms with E-state index in [1.165, 1.54) is 0 Å². The number of ether oxygens (including phenoxy) is 2. The van der Waals surface area contributed by atoms with E-state index < -0.39 is 17.6 Å². The number of esters is 2. The molecule has 0 radical (unpaired) electrons. The van der Waals surface area contributed by atoms with Gasteiger partial charge in [0.15, 0.2) is 6.04 Å². The molecule has 204 valence electrons. The second kappa shape index (κ2) is 13.5. The number of hydrogen-bond acceptors (Lipinski definition) is 5. The molecule has 4 aromatic carbocycles. The van der Waals surface area contributed by atoms with Crippen molar-refractivity contribution in [3.8, 4) is 0 Å². The van der Waals surface area contributed by atoms with Crippen molar-refractivity contribution in [2.24, 2.45) is 4.99 Å². The van der Waals surface area contributed by atoms with Gasteiger partial charge in [0.05, 0.1) is 12.1 Å². The molecule has 0 amide bonds. The number of aliphatic imine (C=N–C) groups is 1. The molecule has 40 heavy (non-hydrogen) atoms. The molecule has 0 aliphatic heterocycles. The first-order valence-electron chi connectivity index (χ1n) is 13.5. The van der Waals surface area contributed by atoms with E-state index in [0.717, 1.165) is 33.5 Å². The van der Waals surface area contributed by atoms with Crippen molar-refractivity contribution in [3.05, 3.63) is 143 Å². The second-order valence-electron chi connectivity index (χ2n) is 10.6. The molecular weight excluding hydrogens is 498 g/mol. The van der Waals surface area contributed by atoms with E-state index in [0.29, 0.717) is 6.42 Å². The van der Waals surface area contributed by atoms with Gasteiger partial charge in [-0.25, -0.2) is 4.79 Å². The topological polar surface area (TPSA) is 65.0 Å².